The Labute approximate surface area is 176 Å². The van der Waals surface area contributed by atoms with Crippen molar-refractivity contribution in [2.75, 3.05) is 11.4 Å². The summed E-state index contributed by atoms with van der Waals surface area (Å²) in [6, 6.07) is 15.0. The third-order valence-corrected chi connectivity index (χ3v) is 6.05. The predicted octanol–water partition coefficient (Wildman–Crippen LogP) is 3.39. The van der Waals surface area contributed by atoms with E-state index in [1.165, 1.54) is 0 Å². The molecule has 3 amide bonds. The zero-order valence-corrected chi connectivity index (χ0v) is 17.5. The molecule has 1 N–H and O–H groups in total. The van der Waals surface area contributed by atoms with Crippen LogP contribution in [0.5, 0.6) is 0 Å². The molecule has 0 bridgehead atoms. The molecule has 2 aromatic rings. The van der Waals surface area contributed by atoms with Crippen molar-refractivity contribution < 1.29 is 14.4 Å². The van der Waals surface area contributed by atoms with Crippen LogP contribution in [0.2, 0.25) is 0 Å². The summed E-state index contributed by atoms with van der Waals surface area (Å²) in [6.07, 6.45) is 2.20. The molecule has 2 aliphatic rings. The third kappa shape index (κ3) is 3.16. The number of hydrogen-bond acceptors (Lipinski definition) is 3. The van der Waals surface area contributed by atoms with E-state index in [9.17, 15) is 14.4 Å². The predicted molar refractivity (Wildman–Crippen MR) is 115 cm³/mol. The SMILES string of the molecule is CCCCN1C(=O)c2ccccc2N2C(=O)CC[C@]12C(=O)NCc1ccc(C)cc1. The highest BCUT2D eigenvalue weighted by molar-refractivity contribution is 6.16. The van der Waals surface area contributed by atoms with Crippen LogP contribution in [0.4, 0.5) is 5.69 Å². The molecule has 2 aromatic carbocycles. The number of nitrogens with one attached hydrogen (secondary N) is 1. The standard InChI is InChI=1S/C24H27N3O3/c1-3-4-15-26-22(29)19-7-5-6-8-20(19)27-21(28)13-14-24(26,27)23(30)25-16-18-11-9-17(2)10-12-18/h5-12H,3-4,13-16H2,1-2H3,(H,25,30)/t24-/m0/s1. The fraction of sp³-hybridized carbons (Fsp3) is 0.375. The van der Waals surface area contributed by atoms with Crippen LogP contribution in [0.3, 0.4) is 0 Å². The second kappa shape index (κ2) is 7.94. The summed E-state index contributed by atoms with van der Waals surface area (Å²) in [5.41, 5.74) is 1.83. The first-order chi connectivity index (χ1) is 14.5. The Morgan fingerprint density at radius 2 is 1.83 bits per heavy atom. The molecule has 0 radical (unpaired) electrons. The molecular weight excluding hydrogens is 378 g/mol. The Hall–Kier alpha value is -3.15. The van der Waals surface area contributed by atoms with Crippen molar-refractivity contribution in [3.63, 3.8) is 0 Å². The van der Waals surface area contributed by atoms with E-state index < -0.39 is 5.66 Å². The highest BCUT2D eigenvalue weighted by Gasteiger charge is 2.60. The van der Waals surface area contributed by atoms with E-state index in [4.69, 9.17) is 0 Å². The maximum atomic E-state index is 13.6. The molecule has 0 spiro atoms. The van der Waals surface area contributed by atoms with Crippen LogP contribution in [0, 0.1) is 6.92 Å². The fourth-order valence-corrected chi connectivity index (χ4v) is 4.43. The van der Waals surface area contributed by atoms with E-state index in [-0.39, 0.29) is 24.1 Å². The van der Waals surface area contributed by atoms with Crippen LogP contribution in [0.1, 0.15) is 54.1 Å². The molecule has 6 heteroatoms. The van der Waals surface area contributed by atoms with Gasteiger partial charge in [-0.15, -0.1) is 0 Å². The molecule has 0 saturated carbocycles. The van der Waals surface area contributed by atoms with Crippen LogP contribution < -0.4 is 10.2 Å². The van der Waals surface area contributed by atoms with E-state index in [1.54, 1.807) is 34.1 Å². The summed E-state index contributed by atoms with van der Waals surface area (Å²) in [6.45, 7) is 4.84. The lowest BCUT2D eigenvalue weighted by molar-refractivity contribution is -0.133. The summed E-state index contributed by atoms with van der Waals surface area (Å²) in [5, 5.41) is 3.00. The van der Waals surface area contributed by atoms with E-state index in [0.29, 0.717) is 30.8 Å². The number of benzene rings is 2. The topological polar surface area (TPSA) is 69.7 Å². The number of anilines is 1. The van der Waals surface area contributed by atoms with Gasteiger partial charge >= 0.3 is 0 Å². The van der Waals surface area contributed by atoms with Crippen LogP contribution in [0.25, 0.3) is 0 Å². The Bertz CT molecular complexity index is 985. The highest BCUT2D eigenvalue weighted by Crippen LogP contribution is 2.44. The van der Waals surface area contributed by atoms with Crippen LogP contribution >= 0.6 is 0 Å². The largest absolute Gasteiger partial charge is 0.348 e. The van der Waals surface area contributed by atoms with Gasteiger partial charge in [0, 0.05) is 25.9 Å². The second-order valence-corrected chi connectivity index (χ2v) is 8.04. The summed E-state index contributed by atoms with van der Waals surface area (Å²) in [7, 11) is 0. The van der Waals surface area contributed by atoms with E-state index in [2.05, 4.69) is 5.32 Å². The second-order valence-electron chi connectivity index (χ2n) is 8.04. The van der Waals surface area contributed by atoms with E-state index in [1.807, 2.05) is 38.1 Å². The van der Waals surface area contributed by atoms with Gasteiger partial charge in [-0.1, -0.05) is 55.3 Å². The maximum absolute atomic E-state index is 13.6. The number of hydrogen-bond donors (Lipinski definition) is 1. The van der Waals surface area contributed by atoms with Gasteiger partial charge < -0.3 is 10.2 Å². The molecule has 1 fully saturated rings. The Balaban J connectivity index is 1.72. The Morgan fingerprint density at radius 3 is 2.57 bits per heavy atom. The van der Waals surface area contributed by atoms with Gasteiger partial charge in [-0.3, -0.25) is 19.3 Å². The van der Waals surface area contributed by atoms with Gasteiger partial charge in [0.15, 0.2) is 0 Å². The first-order valence-corrected chi connectivity index (χ1v) is 10.6. The van der Waals surface area contributed by atoms with E-state index >= 15 is 0 Å². The lowest BCUT2D eigenvalue weighted by atomic mass is 9.95. The summed E-state index contributed by atoms with van der Waals surface area (Å²) in [4.78, 5) is 43.1. The van der Waals surface area contributed by atoms with Gasteiger partial charge in [0.2, 0.25) is 11.6 Å². The molecule has 2 heterocycles. The van der Waals surface area contributed by atoms with Crippen molar-refractivity contribution in [1.29, 1.82) is 0 Å². The minimum Gasteiger partial charge on any atom is -0.348 e. The molecule has 156 valence electrons. The Morgan fingerprint density at radius 1 is 1.10 bits per heavy atom. The molecule has 4 rings (SSSR count). The average molecular weight is 405 g/mol. The zero-order chi connectivity index (χ0) is 21.3. The van der Waals surface area contributed by atoms with Crippen molar-refractivity contribution in [2.24, 2.45) is 0 Å². The van der Waals surface area contributed by atoms with Gasteiger partial charge in [0.05, 0.1) is 11.3 Å². The maximum Gasteiger partial charge on any atom is 0.267 e. The first-order valence-electron chi connectivity index (χ1n) is 10.6. The van der Waals surface area contributed by atoms with Crippen molar-refractivity contribution in [1.82, 2.24) is 10.2 Å². The molecule has 0 aromatic heterocycles. The zero-order valence-electron chi connectivity index (χ0n) is 17.5. The van der Waals surface area contributed by atoms with Gasteiger partial charge in [-0.2, -0.15) is 0 Å². The van der Waals surface area contributed by atoms with Crippen molar-refractivity contribution in [3.8, 4) is 0 Å². The summed E-state index contributed by atoms with van der Waals surface area (Å²) in [5.74, 6) is -0.606. The highest BCUT2D eigenvalue weighted by atomic mass is 16.2. The summed E-state index contributed by atoms with van der Waals surface area (Å²) < 4.78 is 0. The number of carbonyl (C=O) groups is 3. The number of rotatable bonds is 6. The number of para-hydroxylation sites is 1. The lowest BCUT2D eigenvalue weighted by Crippen LogP contribution is -2.70. The lowest BCUT2D eigenvalue weighted by Gasteiger charge is -2.49. The first kappa shape index (κ1) is 20.1. The number of amides is 3. The van der Waals surface area contributed by atoms with Gasteiger partial charge in [0.25, 0.3) is 11.8 Å². The smallest absolute Gasteiger partial charge is 0.267 e. The van der Waals surface area contributed by atoms with Crippen molar-refractivity contribution in [2.45, 2.75) is 51.7 Å². The van der Waals surface area contributed by atoms with E-state index in [0.717, 1.165) is 24.0 Å². The van der Waals surface area contributed by atoms with Gasteiger partial charge in [-0.25, -0.2) is 0 Å². The molecule has 0 unspecified atom stereocenters. The minimum absolute atomic E-state index is 0.123. The normalized spacial score (nSPS) is 20.2. The number of unbranched alkanes of at least 4 members (excludes halogenated alkanes) is 1. The number of aryl methyl sites for hydroxylation is 1. The quantitative estimate of drug-likeness (QED) is 0.801. The average Bonchev–Trinajstić information content (AvgIpc) is 3.11. The van der Waals surface area contributed by atoms with Gasteiger partial charge in [0.1, 0.15) is 0 Å². The third-order valence-electron chi connectivity index (χ3n) is 6.05. The minimum atomic E-state index is -1.30. The monoisotopic (exact) mass is 405 g/mol. The molecule has 2 aliphatic heterocycles. The molecule has 30 heavy (non-hydrogen) atoms. The van der Waals surface area contributed by atoms with Crippen LogP contribution in [-0.4, -0.2) is 34.8 Å². The number of carbonyl (C=O) groups excluding carboxylic acids is 3. The van der Waals surface area contributed by atoms with Crippen molar-refractivity contribution in [3.05, 3.63) is 65.2 Å². The molecule has 1 atom stereocenters. The summed E-state index contributed by atoms with van der Waals surface area (Å²) >= 11 is 0. The number of nitrogens with zero attached hydrogens (tertiary/aromatic N) is 2. The van der Waals surface area contributed by atoms with Gasteiger partial charge in [-0.05, 0) is 31.0 Å². The van der Waals surface area contributed by atoms with Crippen molar-refractivity contribution >= 4 is 23.4 Å². The molecule has 0 aliphatic carbocycles. The van der Waals surface area contributed by atoms with Crippen LogP contribution in [0.15, 0.2) is 48.5 Å². The molecule has 1 saturated heterocycles. The number of fused-ring (bicyclic) bond motifs is 3. The molecule has 6 nitrogen and oxygen atoms in total. The molecular formula is C24H27N3O3. The Kier molecular flexibility index (Phi) is 5.33. The van der Waals surface area contributed by atoms with Crippen LogP contribution in [-0.2, 0) is 16.1 Å². The fourth-order valence-electron chi connectivity index (χ4n) is 4.43.